The Kier molecular flexibility index (Phi) is 4.14. The molecule has 1 aliphatic rings. The summed E-state index contributed by atoms with van der Waals surface area (Å²) in [4.78, 5) is 4.36. The molecule has 1 saturated heterocycles. The maximum atomic E-state index is 5.94. The molecule has 4 aromatic rings. The number of rotatable bonds is 5. The van der Waals surface area contributed by atoms with E-state index in [1.165, 1.54) is 6.42 Å². The van der Waals surface area contributed by atoms with Crippen molar-refractivity contribution in [3.8, 4) is 5.75 Å². The highest BCUT2D eigenvalue weighted by atomic mass is 16.5. The maximum absolute atomic E-state index is 5.94. The Morgan fingerprint density at radius 1 is 1.26 bits per heavy atom. The number of aromatic amines is 1. The van der Waals surface area contributed by atoms with Gasteiger partial charge in [-0.3, -0.25) is 10.1 Å². The average Bonchev–Trinajstić information content (AvgIpc) is 3.31. The molecule has 0 aliphatic carbocycles. The van der Waals surface area contributed by atoms with Crippen LogP contribution in [0.5, 0.6) is 5.75 Å². The molecule has 27 heavy (non-hydrogen) atoms. The number of hydrogen-bond acceptors (Lipinski definition) is 6. The highest BCUT2D eigenvalue weighted by Crippen LogP contribution is 2.32. The quantitative estimate of drug-likeness (QED) is 0.546. The van der Waals surface area contributed by atoms with Crippen molar-refractivity contribution in [3.63, 3.8) is 0 Å². The van der Waals surface area contributed by atoms with Gasteiger partial charge in [0.25, 0.3) is 0 Å². The lowest BCUT2D eigenvalue weighted by molar-refractivity contribution is -0.0109. The Balaban J connectivity index is 1.33. The predicted octanol–water partition coefficient (Wildman–Crippen LogP) is 4.40. The second-order valence-corrected chi connectivity index (χ2v) is 6.71. The van der Waals surface area contributed by atoms with Crippen LogP contribution in [-0.2, 0) is 4.74 Å². The van der Waals surface area contributed by atoms with E-state index in [0.29, 0.717) is 12.4 Å². The number of ether oxygens (including phenoxy) is 2. The third kappa shape index (κ3) is 3.21. The number of aromatic nitrogens is 3. The van der Waals surface area contributed by atoms with Crippen molar-refractivity contribution in [2.75, 3.05) is 18.5 Å². The lowest BCUT2D eigenvalue weighted by atomic mass is 10.1. The van der Waals surface area contributed by atoms with Gasteiger partial charge in [0.05, 0.1) is 17.0 Å². The van der Waals surface area contributed by atoms with Crippen molar-refractivity contribution in [2.45, 2.75) is 25.4 Å². The molecule has 1 unspecified atom stereocenters. The first-order valence-electron chi connectivity index (χ1n) is 9.18. The monoisotopic (exact) mass is 364 g/mol. The van der Waals surface area contributed by atoms with Crippen LogP contribution < -0.4 is 10.1 Å². The maximum Gasteiger partial charge on any atom is 0.178 e. The van der Waals surface area contributed by atoms with Crippen molar-refractivity contribution >= 4 is 33.5 Å². The van der Waals surface area contributed by atoms with Gasteiger partial charge in [-0.1, -0.05) is 0 Å². The van der Waals surface area contributed by atoms with Crippen molar-refractivity contribution in [1.82, 2.24) is 15.2 Å². The molecule has 2 N–H and O–H groups in total. The highest BCUT2D eigenvalue weighted by Gasteiger charge is 2.16. The van der Waals surface area contributed by atoms with Gasteiger partial charge in [0.1, 0.15) is 24.0 Å². The fourth-order valence-corrected chi connectivity index (χ4v) is 3.39. The van der Waals surface area contributed by atoms with Crippen LogP contribution >= 0.6 is 0 Å². The molecule has 0 saturated carbocycles. The molecule has 7 nitrogen and oxygen atoms in total. The van der Waals surface area contributed by atoms with Gasteiger partial charge in [0, 0.05) is 24.6 Å². The number of fused-ring (bicyclic) bond motifs is 2. The Morgan fingerprint density at radius 3 is 3.19 bits per heavy atom. The first kappa shape index (κ1) is 16.1. The molecule has 0 spiro atoms. The van der Waals surface area contributed by atoms with Crippen molar-refractivity contribution in [1.29, 1.82) is 0 Å². The molecule has 1 fully saturated rings. The van der Waals surface area contributed by atoms with Crippen LogP contribution in [0.1, 0.15) is 19.3 Å². The topological polar surface area (TPSA) is 85.2 Å². The minimum absolute atomic E-state index is 0.171. The molecule has 1 aliphatic heterocycles. The summed E-state index contributed by atoms with van der Waals surface area (Å²) >= 11 is 0. The molecule has 0 bridgehead atoms. The molecular formula is C20H20N4O3. The van der Waals surface area contributed by atoms with E-state index in [2.05, 4.69) is 20.5 Å². The second-order valence-electron chi connectivity index (χ2n) is 6.71. The summed E-state index contributed by atoms with van der Waals surface area (Å²) in [6, 6.07) is 9.71. The normalized spacial score (nSPS) is 17.4. The summed E-state index contributed by atoms with van der Waals surface area (Å²) in [5, 5.41) is 11.5. The number of H-pyrrole nitrogens is 1. The van der Waals surface area contributed by atoms with Gasteiger partial charge in [-0.05, 0) is 43.5 Å². The fraction of sp³-hybridized carbons (Fsp3) is 0.300. The molecule has 7 heteroatoms. The molecule has 1 atom stereocenters. The van der Waals surface area contributed by atoms with Crippen LogP contribution in [0.15, 0.2) is 47.2 Å². The highest BCUT2D eigenvalue weighted by molar-refractivity contribution is 5.90. The number of nitrogens with one attached hydrogen (secondary N) is 2. The zero-order chi connectivity index (χ0) is 18.1. The van der Waals surface area contributed by atoms with E-state index in [4.69, 9.17) is 13.9 Å². The van der Waals surface area contributed by atoms with Crippen LogP contribution in [0.3, 0.4) is 0 Å². The van der Waals surface area contributed by atoms with Crippen LogP contribution in [0.2, 0.25) is 0 Å². The van der Waals surface area contributed by atoms with E-state index in [1.807, 2.05) is 30.3 Å². The standard InChI is InChI=1S/C20H20N4O3/c1-2-9-25-14(4-1)11-26-18-12-27-17-10-13(6-7-15(17)18)22-20-19-16(23-24-20)5-3-8-21-19/h3,5-8,10,12,14H,1-2,4,9,11H2,(H2,22,23,24). The number of benzene rings is 1. The van der Waals surface area contributed by atoms with Crippen LogP contribution in [0.4, 0.5) is 11.5 Å². The summed E-state index contributed by atoms with van der Waals surface area (Å²) in [6.45, 7) is 1.38. The summed E-state index contributed by atoms with van der Waals surface area (Å²) in [6.07, 6.45) is 6.97. The van der Waals surface area contributed by atoms with Crippen molar-refractivity contribution < 1.29 is 13.9 Å². The van der Waals surface area contributed by atoms with Gasteiger partial charge >= 0.3 is 0 Å². The lowest BCUT2D eigenvalue weighted by Gasteiger charge is -2.22. The third-order valence-electron chi connectivity index (χ3n) is 4.82. The van der Waals surface area contributed by atoms with Crippen molar-refractivity contribution in [3.05, 3.63) is 42.8 Å². The van der Waals surface area contributed by atoms with Gasteiger partial charge in [-0.25, -0.2) is 0 Å². The molecule has 0 radical (unpaired) electrons. The van der Waals surface area contributed by atoms with E-state index in [1.54, 1.807) is 12.5 Å². The van der Waals surface area contributed by atoms with Crippen LogP contribution in [-0.4, -0.2) is 34.5 Å². The SMILES string of the molecule is c1cnc2c(Nc3ccc4c(OCC5CCCCO5)coc4c3)n[nH]c2c1. The first-order valence-corrected chi connectivity index (χ1v) is 9.18. The lowest BCUT2D eigenvalue weighted by Crippen LogP contribution is -2.25. The molecule has 138 valence electrons. The number of anilines is 2. The third-order valence-corrected chi connectivity index (χ3v) is 4.82. The Labute approximate surface area is 155 Å². The van der Waals surface area contributed by atoms with E-state index in [0.717, 1.165) is 52.9 Å². The van der Waals surface area contributed by atoms with E-state index in [9.17, 15) is 0 Å². The first-order chi connectivity index (χ1) is 13.4. The minimum atomic E-state index is 0.171. The number of furan rings is 1. The van der Waals surface area contributed by atoms with Crippen LogP contribution in [0.25, 0.3) is 22.0 Å². The van der Waals surface area contributed by atoms with Crippen molar-refractivity contribution in [2.24, 2.45) is 0 Å². The molecule has 0 amide bonds. The molecule has 1 aromatic carbocycles. The zero-order valence-corrected chi connectivity index (χ0v) is 14.8. The Bertz CT molecular complexity index is 1070. The molecular weight excluding hydrogens is 344 g/mol. The minimum Gasteiger partial charge on any atom is -0.487 e. The number of hydrogen-bond donors (Lipinski definition) is 2. The molecule has 4 heterocycles. The zero-order valence-electron chi connectivity index (χ0n) is 14.8. The summed E-state index contributed by atoms with van der Waals surface area (Å²) in [5.41, 5.74) is 3.32. The van der Waals surface area contributed by atoms with Gasteiger partial charge in [-0.15, -0.1) is 0 Å². The van der Waals surface area contributed by atoms with Gasteiger partial charge in [-0.2, -0.15) is 5.10 Å². The molecule has 5 rings (SSSR count). The summed E-state index contributed by atoms with van der Waals surface area (Å²) in [7, 11) is 0. The average molecular weight is 364 g/mol. The molecule has 3 aromatic heterocycles. The predicted molar refractivity (Wildman–Crippen MR) is 102 cm³/mol. The summed E-state index contributed by atoms with van der Waals surface area (Å²) < 4.78 is 17.3. The van der Waals surface area contributed by atoms with Gasteiger partial charge in [0.15, 0.2) is 11.6 Å². The largest absolute Gasteiger partial charge is 0.487 e. The Morgan fingerprint density at radius 2 is 2.26 bits per heavy atom. The smallest absolute Gasteiger partial charge is 0.178 e. The summed E-state index contributed by atoms with van der Waals surface area (Å²) in [5.74, 6) is 1.43. The Hall–Kier alpha value is -3.06. The second kappa shape index (κ2) is 6.92. The van der Waals surface area contributed by atoms with E-state index >= 15 is 0 Å². The van der Waals surface area contributed by atoms with Gasteiger partial charge < -0.3 is 19.2 Å². The van der Waals surface area contributed by atoms with Gasteiger partial charge in [0.2, 0.25) is 0 Å². The number of pyridine rings is 1. The van der Waals surface area contributed by atoms with E-state index < -0.39 is 0 Å². The van der Waals surface area contributed by atoms with E-state index in [-0.39, 0.29) is 6.10 Å². The number of nitrogens with zero attached hydrogens (tertiary/aromatic N) is 2. The van der Waals surface area contributed by atoms with Crippen LogP contribution in [0, 0.1) is 0 Å². The fourth-order valence-electron chi connectivity index (χ4n) is 3.39.